The highest BCUT2D eigenvalue weighted by atomic mass is 35.5. The Balaban J connectivity index is 1.71. The van der Waals surface area contributed by atoms with Crippen molar-refractivity contribution in [3.63, 3.8) is 0 Å². The zero-order chi connectivity index (χ0) is 25.6. The number of alkyl halides is 6. The van der Waals surface area contributed by atoms with Gasteiger partial charge in [0, 0.05) is 24.1 Å². The second-order valence-corrected chi connectivity index (χ2v) is 8.82. The molecule has 2 heterocycles. The van der Waals surface area contributed by atoms with E-state index in [9.17, 15) is 27.9 Å². The van der Waals surface area contributed by atoms with Gasteiger partial charge in [0.25, 0.3) is 5.92 Å². The van der Waals surface area contributed by atoms with Crippen LogP contribution in [0.2, 0.25) is 0 Å². The van der Waals surface area contributed by atoms with E-state index in [1.807, 2.05) is 0 Å². The standard InChI is InChI=1S/C22H21ClF5NO6/c23-10-16(30)29(11-21(24,25)12-3-5-20(6-4-12)33-7-8-34-20)17-14-9-13(22(26,27)28)1-2-15(14)35-18(17)19(31)32/h1-2,9,12H,3-8,10-11H2,(H,31,32). The van der Waals surface area contributed by atoms with Gasteiger partial charge in [0.05, 0.1) is 25.3 Å². The maximum atomic E-state index is 15.4. The molecule has 7 nitrogen and oxygen atoms in total. The second kappa shape index (κ2) is 9.21. The number of benzene rings is 1. The quantitative estimate of drug-likeness (QED) is 0.407. The van der Waals surface area contributed by atoms with Gasteiger partial charge in [-0.15, -0.1) is 11.6 Å². The lowest BCUT2D eigenvalue weighted by molar-refractivity contribution is -0.197. The van der Waals surface area contributed by atoms with Crippen LogP contribution in [0.4, 0.5) is 27.6 Å². The summed E-state index contributed by atoms with van der Waals surface area (Å²) in [4.78, 5) is 24.8. The molecule has 0 bridgehead atoms. The number of fused-ring (bicyclic) bond motifs is 1. The van der Waals surface area contributed by atoms with Gasteiger partial charge in [-0.2, -0.15) is 13.2 Å². The van der Waals surface area contributed by atoms with E-state index in [-0.39, 0.29) is 31.3 Å². The van der Waals surface area contributed by atoms with Crippen LogP contribution in [0.25, 0.3) is 11.0 Å². The van der Waals surface area contributed by atoms with E-state index in [0.717, 1.165) is 6.07 Å². The molecular formula is C22H21ClF5NO6. The molecule has 4 rings (SSSR count). The third-order valence-electron chi connectivity index (χ3n) is 6.40. The van der Waals surface area contributed by atoms with Crippen LogP contribution in [0, 0.1) is 5.92 Å². The van der Waals surface area contributed by atoms with Gasteiger partial charge < -0.3 is 23.9 Å². The van der Waals surface area contributed by atoms with Crippen molar-refractivity contribution in [1.82, 2.24) is 0 Å². The summed E-state index contributed by atoms with van der Waals surface area (Å²) >= 11 is 5.62. The predicted molar refractivity (Wildman–Crippen MR) is 113 cm³/mol. The highest BCUT2D eigenvalue weighted by Crippen LogP contribution is 2.46. The Morgan fingerprint density at radius 2 is 1.74 bits per heavy atom. The molecule has 0 radical (unpaired) electrons. The molecule has 1 aromatic carbocycles. The molecule has 2 aliphatic rings. The topological polar surface area (TPSA) is 89.2 Å². The van der Waals surface area contributed by atoms with Crippen molar-refractivity contribution in [2.75, 3.05) is 30.5 Å². The summed E-state index contributed by atoms with van der Waals surface area (Å²) in [5.74, 6) is -10.2. The minimum atomic E-state index is -4.81. The van der Waals surface area contributed by atoms with Gasteiger partial charge in [-0.05, 0) is 31.0 Å². The molecule has 192 valence electrons. The number of hydrogen-bond acceptors (Lipinski definition) is 5. The molecule has 1 N–H and O–H groups in total. The lowest BCUT2D eigenvalue weighted by Crippen LogP contribution is -2.48. The average Bonchev–Trinajstić information content (AvgIpc) is 3.41. The van der Waals surface area contributed by atoms with Gasteiger partial charge in [-0.1, -0.05) is 0 Å². The summed E-state index contributed by atoms with van der Waals surface area (Å²) in [6, 6.07) is 2.10. The number of hydrogen-bond donors (Lipinski definition) is 1. The lowest BCUT2D eigenvalue weighted by atomic mass is 9.81. The number of carbonyl (C=O) groups excluding carboxylic acids is 1. The molecule has 2 fully saturated rings. The zero-order valence-electron chi connectivity index (χ0n) is 18.2. The van der Waals surface area contributed by atoms with Gasteiger partial charge >= 0.3 is 12.1 Å². The monoisotopic (exact) mass is 525 g/mol. The van der Waals surface area contributed by atoms with Crippen molar-refractivity contribution in [2.24, 2.45) is 5.92 Å². The molecule has 1 aliphatic carbocycles. The van der Waals surface area contributed by atoms with Crippen molar-refractivity contribution >= 4 is 40.1 Å². The number of carbonyl (C=O) groups is 2. The largest absolute Gasteiger partial charge is 0.475 e. The Kier molecular flexibility index (Phi) is 6.75. The average molecular weight is 526 g/mol. The Morgan fingerprint density at radius 3 is 2.29 bits per heavy atom. The maximum Gasteiger partial charge on any atom is 0.416 e. The van der Waals surface area contributed by atoms with E-state index >= 15 is 8.78 Å². The molecule has 1 saturated heterocycles. The number of amides is 1. The fourth-order valence-electron chi connectivity index (χ4n) is 4.64. The molecule has 35 heavy (non-hydrogen) atoms. The smallest absolute Gasteiger partial charge is 0.416 e. The molecule has 1 amide bonds. The molecular weight excluding hydrogens is 505 g/mol. The molecule has 1 aromatic heterocycles. The lowest BCUT2D eigenvalue weighted by Gasteiger charge is -2.39. The molecule has 1 spiro atoms. The first kappa shape index (κ1) is 25.6. The summed E-state index contributed by atoms with van der Waals surface area (Å²) in [7, 11) is 0. The third-order valence-corrected chi connectivity index (χ3v) is 6.62. The number of anilines is 1. The van der Waals surface area contributed by atoms with Gasteiger partial charge in [-0.25, -0.2) is 13.6 Å². The number of carboxylic acids is 1. The normalized spacial score (nSPS) is 18.9. The number of furan rings is 1. The van der Waals surface area contributed by atoms with Crippen molar-refractivity contribution in [2.45, 2.75) is 43.6 Å². The van der Waals surface area contributed by atoms with Crippen LogP contribution in [-0.4, -0.2) is 54.3 Å². The highest BCUT2D eigenvalue weighted by Gasteiger charge is 2.49. The van der Waals surface area contributed by atoms with E-state index < -0.39 is 70.5 Å². The van der Waals surface area contributed by atoms with E-state index in [1.54, 1.807) is 0 Å². The summed E-state index contributed by atoms with van der Waals surface area (Å²) in [5.41, 5.74) is -2.17. The van der Waals surface area contributed by atoms with Crippen LogP contribution in [-0.2, 0) is 20.4 Å². The predicted octanol–water partition coefficient (Wildman–Crippen LogP) is 5.29. The Bertz CT molecular complexity index is 1120. The molecule has 0 unspecified atom stereocenters. The number of halogens is 6. The number of ether oxygens (including phenoxy) is 2. The van der Waals surface area contributed by atoms with Crippen molar-refractivity contribution in [3.8, 4) is 0 Å². The Morgan fingerprint density at radius 1 is 1.11 bits per heavy atom. The Hall–Kier alpha value is -2.44. The van der Waals surface area contributed by atoms with Crippen LogP contribution < -0.4 is 4.90 Å². The summed E-state index contributed by atoms with van der Waals surface area (Å²) < 4.78 is 87.0. The minimum absolute atomic E-state index is 0.00600. The third kappa shape index (κ3) is 4.96. The van der Waals surface area contributed by atoms with Gasteiger partial charge in [0.2, 0.25) is 11.7 Å². The number of nitrogens with zero attached hydrogens (tertiary/aromatic N) is 1. The van der Waals surface area contributed by atoms with Gasteiger partial charge in [0.15, 0.2) is 5.79 Å². The highest BCUT2D eigenvalue weighted by molar-refractivity contribution is 6.30. The second-order valence-electron chi connectivity index (χ2n) is 8.55. The minimum Gasteiger partial charge on any atom is -0.475 e. The number of carboxylic acid groups (broad SMARTS) is 1. The summed E-state index contributed by atoms with van der Waals surface area (Å²) in [6.45, 7) is -0.557. The molecule has 13 heteroatoms. The fourth-order valence-corrected chi connectivity index (χ4v) is 4.79. The van der Waals surface area contributed by atoms with Crippen LogP contribution in [0.15, 0.2) is 22.6 Å². The van der Waals surface area contributed by atoms with Crippen LogP contribution >= 0.6 is 11.6 Å². The van der Waals surface area contributed by atoms with Gasteiger partial charge in [-0.3, -0.25) is 4.79 Å². The van der Waals surface area contributed by atoms with Crippen LogP contribution in [0.5, 0.6) is 0 Å². The number of rotatable bonds is 6. The van der Waals surface area contributed by atoms with Crippen molar-refractivity contribution in [3.05, 3.63) is 29.5 Å². The first-order valence-electron chi connectivity index (χ1n) is 10.8. The molecule has 1 saturated carbocycles. The number of aromatic carboxylic acids is 1. The fraction of sp³-hybridized carbons (Fsp3) is 0.545. The van der Waals surface area contributed by atoms with E-state index in [4.69, 9.17) is 25.5 Å². The van der Waals surface area contributed by atoms with Crippen molar-refractivity contribution in [1.29, 1.82) is 0 Å². The van der Waals surface area contributed by atoms with E-state index in [2.05, 4.69) is 0 Å². The first-order valence-corrected chi connectivity index (χ1v) is 11.3. The molecule has 0 atom stereocenters. The Labute approximate surface area is 200 Å². The van der Waals surface area contributed by atoms with E-state index in [0.29, 0.717) is 30.2 Å². The first-order chi connectivity index (χ1) is 16.4. The summed E-state index contributed by atoms with van der Waals surface area (Å²) in [6.07, 6.45) is -4.38. The van der Waals surface area contributed by atoms with Gasteiger partial charge in [0.1, 0.15) is 17.2 Å². The van der Waals surface area contributed by atoms with E-state index in [1.165, 1.54) is 0 Å². The maximum absolute atomic E-state index is 15.4. The van der Waals surface area contributed by atoms with Crippen molar-refractivity contribution < 1.29 is 50.5 Å². The molecule has 2 aromatic rings. The van der Waals surface area contributed by atoms with Crippen LogP contribution in [0.1, 0.15) is 41.8 Å². The zero-order valence-corrected chi connectivity index (χ0v) is 18.9. The van der Waals surface area contributed by atoms with Crippen LogP contribution in [0.3, 0.4) is 0 Å². The SMILES string of the molecule is O=C(O)c1oc2ccc(C(F)(F)F)cc2c1N(CC(F)(F)C1CCC2(CC1)OCCO2)C(=O)CCl. The molecule has 1 aliphatic heterocycles. The summed E-state index contributed by atoms with van der Waals surface area (Å²) in [5, 5.41) is 9.12.